The van der Waals surface area contributed by atoms with E-state index in [1.165, 1.54) is 23.9 Å². The lowest BCUT2D eigenvalue weighted by Crippen LogP contribution is -2.60. The van der Waals surface area contributed by atoms with E-state index < -0.39 is 49.1 Å². The van der Waals surface area contributed by atoms with Crippen LogP contribution in [0.5, 0.6) is 5.75 Å². The maximum atomic E-state index is 13.4. The van der Waals surface area contributed by atoms with Gasteiger partial charge in [0.05, 0.1) is 13.2 Å². The molecular formula is C34H45F3N4O8S. The molecule has 12 nitrogen and oxygen atoms in total. The first-order valence-corrected chi connectivity index (χ1v) is 17.6. The van der Waals surface area contributed by atoms with Gasteiger partial charge in [0.25, 0.3) is 5.22 Å². The molecule has 0 spiro atoms. The minimum absolute atomic E-state index is 0.0241. The predicted molar refractivity (Wildman–Crippen MR) is 180 cm³/mol. The number of rotatable bonds is 12. The lowest BCUT2D eigenvalue weighted by Gasteiger charge is -2.39. The van der Waals surface area contributed by atoms with Crippen LogP contribution in [0, 0.1) is 0 Å². The molecule has 0 radical (unpaired) electrons. The molecule has 5 atom stereocenters. The number of benzene rings is 2. The zero-order valence-corrected chi connectivity index (χ0v) is 29.2. The Hall–Kier alpha value is -2.96. The van der Waals surface area contributed by atoms with Gasteiger partial charge in [-0.1, -0.05) is 45.5 Å². The van der Waals surface area contributed by atoms with Crippen LogP contribution in [-0.2, 0) is 15.7 Å². The van der Waals surface area contributed by atoms with Crippen molar-refractivity contribution >= 4 is 34.5 Å². The van der Waals surface area contributed by atoms with E-state index in [1.807, 2.05) is 27.7 Å². The summed E-state index contributed by atoms with van der Waals surface area (Å²) in [6.07, 6.45) is -11.6. The number of fused-ring (bicyclic) bond motifs is 1. The van der Waals surface area contributed by atoms with Gasteiger partial charge in [0.1, 0.15) is 41.2 Å². The number of ether oxygens (including phenoxy) is 2. The molecule has 0 saturated carbocycles. The van der Waals surface area contributed by atoms with Crippen molar-refractivity contribution in [2.24, 2.45) is 0 Å². The minimum atomic E-state index is -4.52. The van der Waals surface area contributed by atoms with Crippen LogP contribution in [0.25, 0.3) is 11.1 Å². The molecule has 5 rings (SSSR count). The number of aliphatic hydroxyl groups is 4. The van der Waals surface area contributed by atoms with E-state index in [9.17, 15) is 38.4 Å². The lowest BCUT2D eigenvalue weighted by molar-refractivity contribution is -0.277. The number of alkyl halides is 3. The quantitative estimate of drug-likeness (QED) is 0.173. The molecule has 16 heteroatoms. The van der Waals surface area contributed by atoms with Crippen LogP contribution in [0.4, 0.5) is 18.9 Å². The molecule has 2 saturated heterocycles. The summed E-state index contributed by atoms with van der Waals surface area (Å²) in [5.41, 5.74) is 1.37. The highest BCUT2D eigenvalue weighted by atomic mass is 32.2. The number of aromatic nitrogens is 1. The molecule has 276 valence electrons. The van der Waals surface area contributed by atoms with Gasteiger partial charge >= 0.3 is 6.18 Å². The van der Waals surface area contributed by atoms with Crippen LogP contribution in [0.15, 0.2) is 40.0 Å². The Morgan fingerprint density at radius 2 is 1.66 bits per heavy atom. The molecular weight excluding hydrogens is 681 g/mol. The second-order valence-electron chi connectivity index (χ2n) is 13.2. The Morgan fingerprint density at radius 3 is 2.26 bits per heavy atom. The summed E-state index contributed by atoms with van der Waals surface area (Å²) in [5, 5.41) is 43.7. The molecule has 1 aromatic heterocycles. The number of aliphatic hydroxyl groups excluding tert-OH is 4. The first kappa shape index (κ1) is 38.3. The Bertz CT molecular complexity index is 1580. The standard InChI is InChI=1S/C34H45F3N4O8S/c1-18(2)21-14-20(47-32-30(46)29(45)28(44)25(17-42)48-32)15-22(19(3)4)27(21)39-26(43)16-41-10-8-40(9-11-41)12-13-50-33-38-24-7-5-6-23(31(24)49-33)34(35,36)37/h5-7,14-15,18-19,25,28-30,32,42,44-46H,8-13,16-17H2,1-4H3,(H,39,43)/t25-,28-,29+,30-,32?/m1/s1. The van der Waals surface area contributed by atoms with Crippen molar-refractivity contribution in [3.05, 3.63) is 47.0 Å². The van der Waals surface area contributed by atoms with Gasteiger partial charge < -0.3 is 39.6 Å². The Balaban J connectivity index is 1.15. The molecule has 3 aromatic rings. The van der Waals surface area contributed by atoms with Crippen molar-refractivity contribution < 1.29 is 52.3 Å². The number of hydrogen-bond acceptors (Lipinski definition) is 12. The molecule has 2 aliphatic rings. The van der Waals surface area contributed by atoms with Crippen LogP contribution < -0.4 is 10.1 Å². The highest BCUT2D eigenvalue weighted by molar-refractivity contribution is 7.99. The maximum Gasteiger partial charge on any atom is 0.420 e. The molecule has 2 aliphatic heterocycles. The summed E-state index contributed by atoms with van der Waals surface area (Å²) >= 11 is 1.27. The van der Waals surface area contributed by atoms with Gasteiger partial charge in [-0.3, -0.25) is 14.6 Å². The predicted octanol–water partition coefficient (Wildman–Crippen LogP) is 3.62. The smallest absolute Gasteiger partial charge is 0.420 e. The number of piperazine rings is 1. The summed E-state index contributed by atoms with van der Waals surface area (Å²) in [6.45, 7) is 11.0. The van der Waals surface area contributed by atoms with Crippen molar-refractivity contribution in [3.8, 4) is 5.75 Å². The van der Waals surface area contributed by atoms with Crippen LogP contribution in [0.3, 0.4) is 0 Å². The van der Waals surface area contributed by atoms with Crippen LogP contribution >= 0.6 is 11.8 Å². The van der Waals surface area contributed by atoms with Gasteiger partial charge in [-0.05, 0) is 47.2 Å². The van der Waals surface area contributed by atoms with Gasteiger partial charge in [-0.15, -0.1) is 0 Å². The number of hydrogen-bond donors (Lipinski definition) is 5. The summed E-state index contributed by atoms with van der Waals surface area (Å²) in [4.78, 5) is 21.9. The summed E-state index contributed by atoms with van der Waals surface area (Å²) in [6, 6.07) is 7.30. The zero-order chi connectivity index (χ0) is 36.3. The van der Waals surface area contributed by atoms with Gasteiger partial charge in [0.15, 0.2) is 5.58 Å². The number of oxazole rings is 1. The molecule has 50 heavy (non-hydrogen) atoms. The number of halogens is 3. The van der Waals surface area contributed by atoms with E-state index in [2.05, 4.69) is 20.1 Å². The summed E-state index contributed by atoms with van der Waals surface area (Å²) in [7, 11) is 0. The molecule has 2 aromatic carbocycles. The summed E-state index contributed by atoms with van der Waals surface area (Å²) in [5.74, 6) is 0.708. The number of amides is 1. The number of anilines is 1. The molecule has 5 N–H and O–H groups in total. The van der Waals surface area contributed by atoms with Crippen molar-refractivity contribution in [1.29, 1.82) is 0 Å². The second-order valence-corrected chi connectivity index (χ2v) is 14.3. The number of nitrogens with one attached hydrogen (secondary N) is 1. The highest BCUT2D eigenvalue weighted by Crippen LogP contribution is 2.38. The molecule has 1 amide bonds. The van der Waals surface area contributed by atoms with Crippen LogP contribution in [0.2, 0.25) is 0 Å². The van der Waals surface area contributed by atoms with Crippen molar-refractivity contribution in [1.82, 2.24) is 14.8 Å². The van der Waals surface area contributed by atoms with Gasteiger partial charge in [0, 0.05) is 44.2 Å². The van der Waals surface area contributed by atoms with Crippen LogP contribution in [0.1, 0.15) is 56.2 Å². The fraction of sp³-hybridized carbons (Fsp3) is 0.588. The van der Waals surface area contributed by atoms with E-state index in [0.717, 1.165) is 30.3 Å². The maximum absolute atomic E-state index is 13.4. The number of thioether (sulfide) groups is 1. The van der Waals surface area contributed by atoms with Gasteiger partial charge in [-0.25, -0.2) is 4.98 Å². The van der Waals surface area contributed by atoms with E-state index in [4.69, 9.17) is 13.9 Å². The average Bonchev–Trinajstić information content (AvgIpc) is 3.48. The van der Waals surface area contributed by atoms with E-state index in [0.29, 0.717) is 36.8 Å². The third kappa shape index (κ3) is 8.91. The Kier molecular flexibility index (Phi) is 12.4. The average molecular weight is 727 g/mol. The Morgan fingerprint density at radius 1 is 1.02 bits per heavy atom. The normalized spacial score (nSPS) is 24.0. The minimum Gasteiger partial charge on any atom is -0.462 e. The number of carbonyl (C=O) groups excluding carboxylic acids is 1. The largest absolute Gasteiger partial charge is 0.462 e. The van der Waals surface area contributed by atoms with Crippen molar-refractivity contribution in [3.63, 3.8) is 0 Å². The van der Waals surface area contributed by atoms with Gasteiger partial charge in [-0.2, -0.15) is 13.2 Å². The molecule has 3 heterocycles. The van der Waals surface area contributed by atoms with E-state index in [1.54, 1.807) is 12.1 Å². The zero-order valence-electron chi connectivity index (χ0n) is 28.4. The number of para-hydroxylation sites is 1. The third-order valence-electron chi connectivity index (χ3n) is 8.95. The first-order chi connectivity index (χ1) is 23.7. The van der Waals surface area contributed by atoms with Crippen molar-refractivity contribution in [2.75, 3.05) is 56.9 Å². The first-order valence-electron chi connectivity index (χ1n) is 16.6. The monoisotopic (exact) mass is 726 g/mol. The fourth-order valence-electron chi connectivity index (χ4n) is 6.11. The molecule has 0 aliphatic carbocycles. The molecule has 1 unspecified atom stereocenters. The molecule has 2 fully saturated rings. The number of carbonyl (C=O) groups is 1. The molecule has 0 bridgehead atoms. The summed E-state index contributed by atoms with van der Waals surface area (Å²) < 4.78 is 56.9. The van der Waals surface area contributed by atoms with E-state index in [-0.39, 0.29) is 40.6 Å². The fourth-order valence-corrected chi connectivity index (χ4v) is 6.94. The highest BCUT2D eigenvalue weighted by Gasteiger charge is 2.45. The van der Waals surface area contributed by atoms with Crippen molar-refractivity contribution in [2.45, 2.75) is 81.6 Å². The van der Waals surface area contributed by atoms with Gasteiger partial charge in [0.2, 0.25) is 12.2 Å². The SMILES string of the molecule is CC(C)c1cc(OC2O[C@H](CO)[C@@H](O)[C@H](O)[C@H]2O)cc(C(C)C)c1NC(=O)CN1CCN(CCSc2nc3cccc(C(F)(F)F)c3o2)CC1. The third-order valence-corrected chi connectivity index (χ3v) is 9.76. The topological polar surface area (TPSA) is 161 Å². The van der Waals surface area contributed by atoms with Crippen LogP contribution in [-0.4, -0.2) is 123 Å². The Labute approximate surface area is 292 Å². The second kappa shape index (κ2) is 16.2. The lowest BCUT2D eigenvalue weighted by atomic mass is 9.92. The number of nitrogens with zero attached hydrogens (tertiary/aromatic N) is 3. The van der Waals surface area contributed by atoms with E-state index >= 15 is 0 Å².